The van der Waals surface area contributed by atoms with Crippen molar-refractivity contribution in [1.82, 2.24) is 0 Å². The van der Waals surface area contributed by atoms with E-state index in [1.165, 1.54) is 14.2 Å². The van der Waals surface area contributed by atoms with Gasteiger partial charge >= 0.3 is 5.97 Å². The van der Waals surface area contributed by atoms with Gasteiger partial charge in [-0.25, -0.2) is 4.79 Å². The van der Waals surface area contributed by atoms with Crippen molar-refractivity contribution in [2.45, 2.75) is 3.74 Å². The van der Waals surface area contributed by atoms with Crippen LogP contribution in [-0.4, -0.2) is 25.9 Å². The number of alkyl halides is 2. The molecule has 1 rings (SSSR count). The normalized spacial score (nSPS) is 11.5. The summed E-state index contributed by atoms with van der Waals surface area (Å²) in [4.78, 5) is 16.3. The van der Waals surface area contributed by atoms with Crippen molar-refractivity contribution in [1.29, 1.82) is 0 Å². The smallest absolute Gasteiger partial charge is 0.360 e. The maximum Gasteiger partial charge on any atom is 0.360 e. The second kappa shape index (κ2) is 6.76. The van der Waals surface area contributed by atoms with Crippen LogP contribution in [0, 0.1) is 0 Å². The number of oxime groups is 1. The van der Waals surface area contributed by atoms with E-state index in [4.69, 9.17) is 0 Å². The number of nitrogens with zero attached hydrogens (tertiary/aromatic N) is 1. The lowest BCUT2D eigenvalue weighted by Crippen LogP contribution is -2.19. The summed E-state index contributed by atoms with van der Waals surface area (Å²) in [6.07, 6.45) is 0. The minimum absolute atomic E-state index is 0.0853. The fourth-order valence-corrected chi connectivity index (χ4v) is 2.09. The van der Waals surface area contributed by atoms with Gasteiger partial charge in [-0.1, -0.05) is 61.3 Å². The van der Waals surface area contributed by atoms with Crippen LogP contribution in [-0.2, 0) is 14.4 Å². The third-order valence-electron chi connectivity index (χ3n) is 2.01. The summed E-state index contributed by atoms with van der Waals surface area (Å²) in [5.74, 6) is -0.542. The first kappa shape index (κ1) is 14.2. The maximum atomic E-state index is 11.6. The Balaban J connectivity index is 3.28. The highest BCUT2D eigenvalue weighted by molar-refractivity contribution is 9.24. The summed E-state index contributed by atoms with van der Waals surface area (Å²) < 4.78 is 4.59. The Hall–Kier alpha value is -0.880. The van der Waals surface area contributed by atoms with E-state index in [0.29, 0.717) is 5.56 Å². The van der Waals surface area contributed by atoms with Crippen molar-refractivity contribution >= 4 is 43.5 Å². The van der Waals surface area contributed by atoms with E-state index in [9.17, 15) is 4.79 Å². The van der Waals surface area contributed by atoms with Crippen LogP contribution in [0.5, 0.6) is 0 Å². The Labute approximate surface area is 116 Å². The van der Waals surface area contributed by atoms with Crippen LogP contribution in [0.2, 0.25) is 0 Å². The summed E-state index contributed by atoms with van der Waals surface area (Å²) in [6, 6.07) is 7.34. The standard InChI is InChI=1S/C11H11Br2NO3/c1-16-11(15)9(14-17-2)7-5-3-4-6-8(7)10(12)13/h3-6,10H,1-2H3. The van der Waals surface area contributed by atoms with Crippen LogP contribution in [0.1, 0.15) is 14.9 Å². The molecule has 4 nitrogen and oxygen atoms in total. The summed E-state index contributed by atoms with van der Waals surface area (Å²) in [6.45, 7) is 0. The number of carbonyl (C=O) groups excluding carboxylic acids is 1. The molecule has 0 bridgehead atoms. The van der Waals surface area contributed by atoms with Gasteiger partial charge in [-0.3, -0.25) is 0 Å². The number of methoxy groups -OCH3 is 1. The van der Waals surface area contributed by atoms with Gasteiger partial charge < -0.3 is 9.57 Å². The molecule has 0 radical (unpaired) electrons. The topological polar surface area (TPSA) is 47.9 Å². The molecule has 0 aromatic heterocycles. The summed E-state index contributed by atoms with van der Waals surface area (Å²) in [5, 5.41) is 3.71. The Kier molecular flexibility index (Phi) is 5.64. The number of esters is 1. The van der Waals surface area contributed by atoms with E-state index >= 15 is 0 Å². The molecule has 92 valence electrons. The molecule has 0 atom stereocenters. The lowest BCUT2D eigenvalue weighted by Gasteiger charge is -2.10. The van der Waals surface area contributed by atoms with Crippen LogP contribution >= 0.6 is 31.9 Å². The summed E-state index contributed by atoms with van der Waals surface area (Å²) >= 11 is 6.79. The Morgan fingerprint density at radius 2 is 1.94 bits per heavy atom. The van der Waals surface area contributed by atoms with Crippen molar-refractivity contribution < 1.29 is 14.4 Å². The SMILES string of the molecule is CON=C(C(=O)OC)c1ccccc1C(Br)Br. The number of hydrogen-bond donors (Lipinski definition) is 0. The molecule has 0 aliphatic heterocycles. The molecular formula is C11H11Br2NO3. The predicted molar refractivity (Wildman–Crippen MR) is 72.6 cm³/mol. The average molecular weight is 365 g/mol. The molecule has 0 saturated carbocycles. The average Bonchev–Trinajstić information content (AvgIpc) is 2.35. The molecule has 6 heteroatoms. The zero-order valence-electron chi connectivity index (χ0n) is 9.31. The van der Waals surface area contributed by atoms with Gasteiger partial charge in [0.2, 0.25) is 0 Å². The first-order valence-corrected chi connectivity index (χ1v) is 6.51. The van der Waals surface area contributed by atoms with Gasteiger partial charge in [-0.15, -0.1) is 0 Å². The van der Waals surface area contributed by atoms with Gasteiger partial charge in [0.05, 0.1) is 10.8 Å². The quantitative estimate of drug-likeness (QED) is 0.357. The van der Waals surface area contributed by atoms with Crippen LogP contribution in [0.15, 0.2) is 29.4 Å². The number of halogens is 2. The van der Waals surface area contributed by atoms with Crippen molar-refractivity contribution in [2.75, 3.05) is 14.2 Å². The minimum Gasteiger partial charge on any atom is -0.464 e. The first-order valence-electron chi connectivity index (χ1n) is 4.68. The number of benzene rings is 1. The van der Waals surface area contributed by atoms with Crippen LogP contribution in [0.3, 0.4) is 0 Å². The minimum atomic E-state index is -0.542. The monoisotopic (exact) mass is 363 g/mol. The summed E-state index contributed by atoms with van der Waals surface area (Å²) in [5.41, 5.74) is 1.66. The lowest BCUT2D eigenvalue weighted by atomic mass is 10.0. The maximum absolute atomic E-state index is 11.6. The molecule has 0 heterocycles. The van der Waals surface area contributed by atoms with E-state index in [1.807, 2.05) is 18.2 Å². The third kappa shape index (κ3) is 3.54. The van der Waals surface area contributed by atoms with Crippen molar-refractivity contribution in [3.05, 3.63) is 35.4 Å². The number of carbonyl (C=O) groups is 1. The van der Waals surface area contributed by atoms with Gasteiger partial charge in [0.15, 0.2) is 5.71 Å². The van der Waals surface area contributed by atoms with Crippen LogP contribution < -0.4 is 0 Å². The van der Waals surface area contributed by atoms with Crippen molar-refractivity contribution in [3.8, 4) is 0 Å². The van der Waals surface area contributed by atoms with E-state index in [-0.39, 0.29) is 9.45 Å². The molecule has 0 N–H and O–H groups in total. The fraction of sp³-hybridized carbons (Fsp3) is 0.273. The van der Waals surface area contributed by atoms with E-state index in [2.05, 4.69) is 46.6 Å². The highest BCUT2D eigenvalue weighted by Gasteiger charge is 2.20. The fourth-order valence-electron chi connectivity index (χ4n) is 1.29. The van der Waals surface area contributed by atoms with Gasteiger partial charge in [0.1, 0.15) is 7.11 Å². The van der Waals surface area contributed by atoms with E-state index in [0.717, 1.165) is 5.56 Å². The Bertz CT molecular complexity index is 432. The molecule has 0 spiro atoms. The molecular weight excluding hydrogens is 354 g/mol. The van der Waals surface area contributed by atoms with Gasteiger partial charge in [-0.2, -0.15) is 0 Å². The number of ether oxygens (including phenoxy) is 1. The number of rotatable bonds is 4. The molecule has 1 aromatic rings. The first-order chi connectivity index (χ1) is 8.11. The predicted octanol–water partition coefficient (Wildman–Crippen LogP) is 3.00. The third-order valence-corrected chi connectivity index (χ3v) is 3.00. The molecule has 0 saturated heterocycles. The van der Waals surface area contributed by atoms with Crippen LogP contribution in [0.4, 0.5) is 0 Å². The Morgan fingerprint density at radius 3 is 2.47 bits per heavy atom. The molecule has 17 heavy (non-hydrogen) atoms. The van der Waals surface area contributed by atoms with E-state index in [1.54, 1.807) is 6.07 Å². The van der Waals surface area contributed by atoms with Crippen molar-refractivity contribution in [3.63, 3.8) is 0 Å². The molecule has 0 aliphatic carbocycles. The highest BCUT2D eigenvalue weighted by Crippen LogP contribution is 2.32. The molecule has 0 fully saturated rings. The molecule has 0 aliphatic rings. The molecule has 0 amide bonds. The highest BCUT2D eigenvalue weighted by atomic mass is 79.9. The van der Waals surface area contributed by atoms with Gasteiger partial charge in [0, 0.05) is 5.56 Å². The zero-order chi connectivity index (χ0) is 12.8. The van der Waals surface area contributed by atoms with E-state index < -0.39 is 5.97 Å². The van der Waals surface area contributed by atoms with Gasteiger partial charge in [0.25, 0.3) is 0 Å². The Morgan fingerprint density at radius 1 is 1.29 bits per heavy atom. The second-order valence-electron chi connectivity index (χ2n) is 3.00. The van der Waals surface area contributed by atoms with Crippen LogP contribution in [0.25, 0.3) is 0 Å². The van der Waals surface area contributed by atoms with Gasteiger partial charge in [-0.05, 0) is 5.56 Å². The number of hydrogen-bond acceptors (Lipinski definition) is 4. The summed E-state index contributed by atoms with van der Waals surface area (Å²) in [7, 11) is 2.68. The molecule has 1 aromatic carbocycles. The molecule has 0 unspecified atom stereocenters. The zero-order valence-corrected chi connectivity index (χ0v) is 12.5. The second-order valence-corrected chi connectivity index (χ2v) is 6.06. The lowest BCUT2D eigenvalue weighted by molar-refractivity contribution is -0.132. The van der Waals surface area contributed by atoms with Crippen molar-refractivity contribution in [2.24, 2.45) is 5.16 Å². The largest absolute Gasteiger partial charge is 0.464 e.